The van der Waals surface area contributed by atoms with E-state index < -0.39 is 0 Å². The highest BCUT2D eigenvalue weighted by Gasteiger charge is 2.18. The van der Waals surface area contributed by atoms with Crippen LogP contribution in [0.4, 0.5) is 0 Å². The van der Waals surface area contributed by atoms with E-state index in [1.165, 1.54) is 32.4 Å². The largest absolute Gasteiger partial charge is 0.303 e. The number of nitrogens with zero attached hydrogens (tertiary/aromatic N) is 4. The molecule has 6 heteroatoms. The number of hydrogen-bond donors (Lipinski definition) is 0. The number of rotatable bonds is 6. The Labute approximate surface area is 173 Å². The SMILES string of the molecule is Brc1ccccc1-c1nnc(SCCN2CCCCC2)n1-c1ccccc1. The van der Waals surface area contributed by atoms with Crippen LogP contribution >= 0.6 is 27.7 Å². The molecule has 140 valence electrons. The van der Waals surface area contributed by atoms with Gasteiger partial charge in [0.1, 0.15) is 0 Å². The van der Waals surface area contributed by atoms with E-state index in [2.05, 4.69) is 65.9 Å². The summed E-state index contributed by atoms with van der Waals surface area (Å²) in [4.78, 5) is 2.56. The van der Waals surface area contributed by atoms with Gasteiger partial charge in [-0.15, -0.1) is 10.2 Å². The zero-order valence-corrected chi connectivity index (χ0v) is 17.6. The number of para-hydroxylation sites is 1. The van der Waals surface area contributed by atoms with Crippen LogP contribution in [0.2, 0.25) is 0 Å². The third-order valence-corrected chi connectivity index (χ3v) is 6.45. The van der Waals surface area contributed by atoms with Gasteiger partial charge in [0.2, 0.25) is 0 Å². The highest BCUT2D eigenvalue weighted by molar-refractivity contribution is 9.10. The van der Waals surface area contributed by atoms with Crippen LogP contribution in [0.15, 0.2) is 64.2 Å². The standard InChI is InChI=1S/C21H23BrN4S/c22-19-12-6-5-11-18(19)20-23-24-21(26(20)17-9-3-1-4-10-17)27-16-15-25-13-7-2-8-14-25/h1,3-6,9-12H,2,7-8,13-16H2. The third-order valence-electron chi connectivity index (χ3n) is 4.85. The molecule has 1 aliphatic rings. The minimum atomic E-state index is 0.870. The fourth-order valence-corrected chi connectivity index (χ4v) is 4.85. The monoisotopic (exact) mass is 442 g/mol. The predicted octanol–water partition coefficient (Wildman–Crippen LogP) is 5.27. The van der Waals surface area contributed by atoms with E-state index in [0.717, 1.165) is 39.0 Å². The molecule has 0 unspecified atom stereocenters. The Morgan fingerprint density at radius 3 is 2.41 bits per heavy atom. The van der Waals surface area contributed by atoms with Gasteiger partial charge in [0.05, 0.1) is 0 Å². The summed E-state index contributed by atoms with van der Waals surface area (Å²) in [6.07, 6.45) is 4.04. The summed E-state index contributed by atoms with van der Waals surface area (Å²) in [5.41, 5.74) is 2.14. The first-order valence-electron chi connectivity index (χ1n) is 9.44. The highest BCUT2D eigenvalue weighted by Crippen LogP contribution is 2.32. The van der Waals surface area contributed by atoms with Gasteiger partial charge in [0, 0.05) is 28.0 Å². The van der Waals surface area contributed by atoms with Crippen LogP contribution in [0.5, 0.6) is 0 Å². The predicted molar refractivity (Wildman–Crippen MR) is 116 cm³/mol. The van der Waals surface area contributed by atoms with Gasteiger partial charge >= 0.3 is 0 Å². The maximum atomic E-state index is 4.54. The highest BCUT2D eigenvalue weighted by atomic mass is 79.9. The molecule has 0 radical (unpaired) electrons. The molecule has 1 aliphatic heterocycles. The molecule has 2 aromatic carbocycles. The van der Waals surface area contributed by atoms with Crippen molar-refractivity contribution < 1.29 is 0 Å². The number of thioether (sulfide) groups is 1. The molecule has 3 aromatic rings. The van der Waals surface area contributed by atoms with Gasteiger partial charge in [-0.3, -0.25) is 4.57 Å². The van der Waals surface area contributed by atoms with Crippen LogP contribution in [0.25, 0.3) is 17.1 Å². The number of aromatic nitrogens is 3. The molecule has 1 saturated heterocycles. The van der Waals surface area contributed by atoms with Gasteiger partial charge in [-0.25, -0.2) is 0 Å². The van der Waals surface area contributed by atoms with E-state index in [1.54, 1.807) is 11.8 Å². The smallest absolute Gasteiger partial charge is 0.196 e. The van der Waals surface area contributed by atoms with E-state index in [-0.39, 0.29) is 0 Å². The Balaban J connectivity index is 1.60. The van der Waals surface area contributed by atoms with Crippen molar-refractivity contribution in [1.29, 1.82) is 0 Å². The quantitative estimate of drug-likeness (QED) is 0.486. The van der Waals surface area contributed by atoms with Crippen LogP contribution in [-0.4, -0.2) is 45.1 Å². The molecule has 0 amide bonds. The zero-order chi connectivity index (χ0) is 18.5. The summed E-state index contributed by atoms with van der Waals surface area (Å²) in [6, 6.07) is 18.5. The Kier molecular flexibility index (Phi) is 6.27. The maximum Gasteiger partial charge on any atom is 0.196 e. The van der Waals surface area contributed by atoms with Crippen LogP contribution in [0.1, 0.15) is 19.3 Å². The maximum absolute atomic E-state index is 4.54. The van der Waals surface area contributed by atoms with E-state index >= 15 is 0 Å². The Morgan fingerprint density at radius 1 is 0.889 bits per heavy atom. The lowest BCUT2D eigenvalue weighted by atomic mass is 10.1. The Morgan fingerprint density at radius 2 is 1.63 bits per heavy atom. The van der Waals surface area contributed by atoms with Gasteiger partial charge in [-0.05, 0) is 44.1 Å². The summed E-state index contributed by atoms with van der Waals surface area (Å²) in [6.45, 7) is 3.57. The molecule has 4 nitrogen and oxygen atoms in total. The average molecular weight is 443 g/mol. The van der Waals surface area contributed by atoms with Gasteiger partial charge in [0.15, 0.2) is 11.0 Å². The van der Waals surface area contributed by atoms with E-state index in [9.17, 15) is 0 Å². The van der Waals surface area contributed by atoms with E-state index in [4.69, 9.17) is 0 Å². The number of hydrogen-bond acceptors (Lipinski definition) is 4. The molecule has 0 atom stereocenters. The number of benzene rings is 2. The van der Waals surface area contributed by atoms with Crippen molar-refractivity contribution in [2.45, 2.75) is 24.4 Å². The summed E-state index contributed by atoms with van der Waals surface area (Å²) in [5, 5.41) is 10.0. The van der Waals surface area contributed by atoms with Crippen molar-refractivity contribution in [3.63, 3.8) is 0 Å². The minimum Gasteiger partial charge on any atom is -0.303 e. The average Bonchev–Trinajstić information content (AvgIpc) is 3.13. The molecular formula is C21H23BrN4S. The molecule has 4 rings (SSSR count). The first kappa shape index (κ1) is 18.7. The molecule has 0 spiro atoms. The summed E-state index contributed by atoms with van der Waals surface area (Å²) in [5.74, 6) is 1.90. The second-order valence-electron chi connectivity index (χ2n) is 6.71. The second kappa shape index (κ2) is 9.04. The van der Waals surface area contributed by atoms with Gasteiger partial charge < -0.3 is 4.90 Å². The van der Waals surface area contributed by atoms with Crippen molar-refractivity contribution >= 4 is 27.7 Å². The van der Waals surface area contributed by atoms with Gasteiger partial charge in [-0.2, -0.15) is 0 Å². The van der Waals surface area contributed by atoms with Crippen LogP contribution in [-0.2, 0) is 0 Å². The Hall–Kier alpha value is -1.63. The van der Waals surface area contributed by atoms with Crippen LogP contribution in [0.3, 0.4) is 0 Å². The van der Waals surface area contributed by atoms with Gasteiger partial charge in [0.25, 0.3) is 0 Å². The molecule has 0 aliphatic carbocycles. The van der Waals surface area contributed by atoms with E-state index in [1.807, 2.05) is 24.3 Å². The molecular weight excluding hydrogens is 420 g/mol. The van der Waals surface area contributed by atoms with Crippen LogP contribution in [0, 0.1) is 0 Å². The zero-order valence-electron chi connectivity index (χ0n) is 15.2. The van der Waals surface area contributed by atoms with Crippen molar-refractivity contribution in [1.82, 2.24) is 19.7 Å². The van der Waals surface area contributed by atoms with Crippen molar-refractivity contribution in [3.05, 3.63) is 59.1 Å². The molecule has 1 fully saturated rings. The number of piperidine rings is 1. The van der Waals surface area contributed by atoms with E-state index in [0.29, 0.717) is 0 Å². The molecule has 0 N–H and O–H groups in total. The lowest BCUT2D eigenvalue weighted by molar-refractivity contribution is 0.242. The normalized spacial score (nSPS) is 15.1. The fraction of sp³-hybridized carbons (Fsp3) is 0.333. The molecule has 1 aromatic heterocycles. The molecule has 2 heterocycles. The van der Waals surface area contributed by atoms with Crippen molar-refractivity contribution in [2.24, 2.45) is 0 Å². The summed E-state index contributed by atoms with van der Waals surface area (Å²) in [7, 11) is 0. The lowest BCUT2D eigenvalue weighted by Crippen LogP contribution is -2.31. The fourth-order valence-electron chi connectivity index (χ4n) is 3.44. The molecule has 0 bridgehead atoms. The first-order valence-corrected chi connectivity index (χ1v) is 11.2. The van der Waals surface area contributed by atoms with Crippen molar-refractivity contribution in [3.8, 4) is 17.1 Å². The first-order chi connectivity index (χ1) is 13.3. The summed E-state index contributed by atoms with van der Waals surface area (Å²) >= 11 is 5.45. The number of halogens is 1. The topological polar surface area (TPSA) is 34.0 Å². The third kappa shape index (κ3) is 4.45. The number of likely N-dealkylation sites (tertiary alicyclic amines) is 1. The van der Waals surface area contributed by atoms with Gasteiger partial charge in [-0.1, -0.05) is 70.5 Å². The molecule has 27 heavy (non-hydrogen) atoms. The Bertz CT molecular complexity index is 875. The van der Waals surface area contributed by atoms with Crippen LogP contribution < -0.4 is 0 Å². The van der Waals surface area contributed by atoms with Crippen molar-refractivity contribution in [2.75, 3.05) is 25.4 Å². The minimum absolute atomic E-state index is 0.870. The molecule has 0 saturated carbocycles. The second-order valence-corrected chi connectivity index (χ2v) is 8.62. The summed E-state index contributed by atoms with van der Waals surface area (Å²) < 4.78 is 3.19. The lowest BCUT2D eigenvalue weighted by Gasteiger charge is -2.25.